The highest BCUT2D eigenvalue weighted by Crippen LogP contribution is 2.31. The normalized spacial score (nSPS) is 12.7. The Bertz CT molecular complexity index is 1110. The molecule has 7 nitrogen and oxygen atoms in total. The molecule has 158 valence electrons. The molecule has 2 aromatic carbocycles. The number of carboxylic acids is 1. The maximum absolute atomic E-state index is 12.6. The first kappa shape index (κ1) is 21.2. The molecule has 0 saturated heterocycles. The third-order valence-electron chi connectivity index (χ3n) is 4.41. The molecule has 0 spiro atoms. The number of hydrogen-bond donors (Lipinski definition) is 2. The van der Waals surface area contributed by atoms with E-state index in [1.54, 1.807) is 24.3 Å². The molecule has 0 aliphatic carbocycles. The van der Waals surface area contributed by atoms with E-state index >= 15 is 0 Å². The van der Waals surface area contributed by atoms with Gasteiger partial charge in [0.2, 0.25) is 0 Å². The van der Waals surface area contributed by atoms with Gasteiger partial charge in [-0.25, -0.2) is 4.79 Å². The number of alkyl halides is 3. The lowest BCUT2D eigenvalue weighted by Crippen LogP contribution is -2.24. The average molecular weight is 422 g/mol. The molecular weight excluding hydrogens is 405 g/mol. The summed E-state index contributed by atoms with van der Waals surface area (Å²) in [5, 5.41) is 9.65. The highest BCUT2D eigenvalue weighted by molar-refractivity contribution is 5.99. The summed E-state index contributed by atoms with van der Waals surface area (Å²) in [6.07, 6.45) is -5.90. The van der Waals surface area contributed by atoms with Crippen molar-refractivity contribution in [1.82, 2.24) is 4.57 Å². The van der Waals surface area contributed by atoms with Gasteiger partial charge in [0, 0.05) is 30.7 Å². The highest BCUT2D eigenvalue weighted by Gasteiger charge is 2.31. The van der Waals surface area contributed by atoms with Gasteiger partial charge in [0.1, 0.15) is 11.4 Å². The van der Waals surface area contributed by atoms with Crippen molar-refractivity contribution < 1.29 is 37.3 Å². The molecule has 1 atom stereocenters. The highest BCUT2D eigenvalue weighted by atomic mass is 19.4. The van der Waals surface area contributed by atoms with E-state index in [2.05, 4.69) is 4.74 Å². The predicted octanol–water partition coefficient (Wildman–Crippen LogP) is 3.27. The lowest BCUT2D eigenvalue weighted by atomic mass is 10.1. The van der Waals surface area contributed by atoms with Crippen LogP contribution < -0.4 is 10.5 Å². The van der Waals surface area contributed by atoms with Crippen LogP contribution in [0.2, 0.25) is 0 Å². The van der Waals surface area contributed by atoms with Crippen LogP contribution in [0, 0.1) is 0 Å². The zero-order valence-electron chi connectivity index (χ0n) is 15.6. The Morgan fingerprint density at radius 1 is 1.17 bits per heavy atom. The minimum Gasteiger partial charge on any atom is -0.479 e. The summed E-state index contributed by atoms with van der Waals surface area (Å²) in [6.45, 7) is 0. The molecule has 0 bridgehead atoms. The first-order chi connectivity index (χ1) is 14.1. The summed E-state index contributed by atoms with van der Waals surface area (Å²) in [5.74, 6) is -2.37. The lowest BCUT2D eigenvalue weighted by Gasteiger charge is -2.14. The summed E-state index contributed by atoms with van der Waals surface area (Å²) in [5.41, 5.74) is 6.79. The van der Waals surface area contributed by atoms with Gasteiger partial charge in [-0.1, -0.05) is 12.1 Å². The number of methoxy groups -OCH3 is 1. The lowest BCUT2D eigenvalue weighted by molar-refractivity contribution is -0.274. The number of hydrogen-bond acceptors (Lipinski definition) is 4. The van der Waals surface area contributed by atoms with Gasteiger partial charge in [-0.3, -0.25) is 4.79 Å². The molecule has 3 rings (SSSR count). The van der Waals surface area contributed by atoms with Gasteiger partial charge < -0.3 is 24.9 Å². The predicted molar refractivity (Wildman–Crippen MR) is 101 cm³/mol. The fraction of sp³-hybridized carbons (Fsp3) is 0.200. The van der Waals surface area contributed by atoms with Crippen LogP contribution in [-0.4, -0.2) is 41.1 Å². The molecule has 1 heterocycles. The first-order valence-corrected chi connectivity index (χ1v) is 8.65. The summed E-state index contributed by atoms with van der Waals surface area (Å²) >= 11 is 0. The Labute approximate surface area is 168 Å². The van der Waals surface area contributed by atoms with Gasteiger partial charge in [0.25, 0.3) is 5.91 Å². The van der Waals surface area contributed by atoms with Crippen molar-refractivity contribution in [1.29, 1.82) is 0 Å². The molecule has 3 N–H and O–H groups in total. The summed E-state index contributed by atoms with van der Waals surface area (Å²) in [6, 6.07) is 11.7. The van der Waals surface area contributed by atoms with Crippen LogP contribution in [0.5, 0.6) is 5.75 Å². The Kier molecular flexibility index (Phi) is 5.70. The molecule has 1 aromatic heterocycles. The number of carbonyl (C=O) groups excluding carboxylic acids is 1. The molecule has 0 aliphatic heterocycles. The largest absolute Gasteiger partial charge is 0.573 e. The van der Waals surface area contributed by atoms with Crippen LogP contribution in [0.3, 0.4) is 0 Å². The van der Waals surface area contributed by atoms with Crippen LogP contribution in [0.25, 0.3) is 16.6 Å². The zero-order chi connectivity index (χ0) is 22.1. The summed E-state index contributed by atoms with van der Waals surface area (Å²) < 4.78 is 48.1. The van der Waals surface area contributed by atoms with Crippen LogP contribution >= 0.6 is 0 Å². The van der Waals surface area contributed by atoms with Gasteiger partial charge in [-0.05, 0) is 35.9 Å². The SMILES string of the molecule is COC(Cc1cccc(-n2c(C(N)=O)cc3ccc(OC(F)(F)F)cc32)c1)C(=O)O. The van der Waals surface area contributed by atoms with E-state index in [1.165, 1.54) is 23.8 Å². The number of aromatic nitrogens is 1. The molecule has 0 saturated carbocycles. The van der Waals surface area contributed by atoms with Crippen molar-refractivity contribution in [3.8, 4) is 11.4 Å². The van der Waals surface area contributed by atoms with Gasteiger partial charge in [-0.15, -0.1) is 13.2 Å². The van der Waals surface area contributed by atoms with E-state index in [9.17, 15) is 27.9 Å². The molecule has 1 amide bonds. The standard InChI is InChI=1S/C20H17F3N2O5/c1-29-17(19(27)28)8-11-3-2-4-13(7-11)25-15-10-14(30-20(21,22)23)6-5-12(15)9-16(25)18(24)26/h2-7,9-10,17H,8H2,1H3,(H2,24,26)(H,27,28). The van der Waals surface area contributed by atoms with Crippen molar-refractivity contribution in [3.05, 3.63) is 59.8 Å². The van der Waals surface area contributed by atoms with Gasteiger partial charge in [0.05, 0.1) is 5.52 Å². The van der Waals surface area contributed by atoms with E-state index in [0.29, 0.717) is 16.6 Å². The maximum atomic E-state index is 12.6. The Hall–Kier alpha value is -3.53. The third kappa shape index (κ3) is 4.54. The quantitative estimate of drug-likeness (QED) is 0.608. The van der Waals surface area contributed by atoms with Crippen LogP contribution in [-0.2, 0) is 16.0 Å². The number of ether oxygens (including phenoxy) is 2. The number of benzene rings is 2. The zero-order valence-corrected chi connectivity index (χ0v) is 15.6. The van der Waals surface area contributed by atoms with Gasteiger partial charge in [-0.2, -0.15) is 0 Å². The van der Waals surface area contributed by atoms with E-state index in [-0.39, 0.29) is 17.6 Å². The first-order valence-electron chi connectivity index (χ1n) is 8.65. The fourth-order valence-electron chi connectivity index (χ4n) is 3.15. The minimum absolute atomic E-state index is 0.0488. The number of rotatable bonds is 7. The van der Waals surface area contributed by atoms with E-state index in [4.69, 9.17) is 10.5 Å². The van der Waals surface area contributed by atoms with Crippen molar-refractivity contribution >= 4 is 22.8 Å². The molecule has 0 fully saturated rings. The van der Waals surface area contributed by atoms with Crippen molar-refractivity contribution in [2.45, 2.75) is 18.9 Å². The number of carboxylic acid groups (broad SMARTS) is 1. The fourth-order valence-corrected chi connectivity index (χ4v) is 3.15. The number of primary amides is 1. The van der Waals surface area contributed by atoms with Crippen molar-refractivity contribution in [3.63, 3.8) is 0 Å². The number of amides is 1. The van der Waals surface area contributed by atoms with E-state index in [1.807, 2.05) is 0 Å². The molecular formula is C20H17F3N2O5. The minimum atomic E-state index is -4.87. The monoisotopic (exact) mass is 422 g/mol. The van der Waals surface area contributed by atoms with E-state index < -0.39 is 30.1 Å². The second-order valence-electron chi connectivity index (χ2n) is 6.43. The third-order valence-corrected chi connectivity index (χ3v) is 4.41. The van der Waals surface area contributed by atoms with Crippen LogP contribution in [0.1, 0.15) is 16.1 Å². The number of nitrogens with two attached hydrogens (primary N) is 1. The number of nitrogens with zero attached hydrogens (tertiary/aromatic N) is 1. The number of fused-ring (bicyclic) bond motifs is 1. The Morgan fingerprint density at radius 2 is 1.90 bits per heavy atom. The molecule has 1 unspecified atom stereocenters. The van der Waals surface area contributed by atoms with Crippen LogP contribution in [0.4, 0.5) is 13.2 Å². The average Bonchev–Trinajstić information content (AvgIpc) is 3.04. The topological polar surface area (TPSA) is 104 Å². The Morgan fingerprint density at radius 3 is 2.50 bits per heavy atom. The van der Waals surface area contributed by atoms with Crippen molar-refractivity contribution in [2.24, 2.45) is 5.73 Å². The van der Waals surface area contributed by atoms with Gasteiger partial charge >= 0.3 is 12.3 Å². The molecule has 3 aromatic rings. The second-order valence-corrected chi connectivity index (χ2v) is 6.43. The molecule has 0 radical (unpaired) electrons. The van der Waals surface area contributed by atoms with Crippen LogP contribution in [0.15, 0.2) is 48.5 Å². The van der Waals surface area contributed by atoms with Crippen molar-refractivity contribution in [2.75, 3.05) is 7.11 Å². The number of halogens is 3. The molecule has 10 heteroatoms. The molecule has 0 aliphatic rings. The number of carbonyl (C=O) groups is 2. The van der Waals surface area contributed by atoms with Gasteiger partial charge in [0.15, 0.2) is 6.10 Å². The summed E-state index contributed by atoms with van der Waals surface area (Å²) in [4.78, 5) is 23.2. The summed E-state index contributed by atoms with van der Waals surface area (Å²) in [7, 11) is 1.27. The maximum Gasteiger partial charge on any atom is 0.573 e. The number of aliphatic carboxylic acids is 1. The Balaban J connectivity index is 2.12. The molecule has 30 heavy (non-hydrogen) atoms. The second kappa shape index (κ2) is 8.07. The smallest absolute Gasteiger partial charge is 0.479 e. The van der Waals surface area contributed by atoms with E-state index in [0.717, 1.165) is 12.1 Å².